The molecule has 1 saturated heterocycles. The summed E-state index contributed by atoms with van der Waals surface area (Å²) in [6.45, 7) is 3.27. The molecule has 2 heterocycles. The summed E-state index contributed by atoms with van der Waals surface area (Å²) in [6, 6.07) is 14.1. The van der Waals surface area contributed by atoms with E-state index < -0.39 is 5.91 Å². The van der Waals surface area contributed by atoms with Gasteiger partial charge in [-0.05, 0) is 35.4 Å². The summed E-state index contributed by atoms with van der Waals surface area (Å²) >= 11 is 0. The van der Waals surface area contributed by atoms with Gasteiger partial charge in [0.15, 0.2) is 5.69 Å². The molecular weight excluding hydrogens is 330 g/mol. The zero-order chi connectivity index (χ0) is 18.1. The van der Waals surface area contributed by atoms with Crippen LogP contribution < -0.4 is 16.4 Å². The quantitative estimate of drug-likeness (QED) is 0.747. The van der Waals surface area contributed by atoms with Crippen molar-refractivity contribution in [2.45, 2.75) is 0 Å². The molecule has 1 aliphatic heterocycles. The van der Waals surface area contributed by atoms with Gasteiger partial charge in [0.25, 0.3) is 5.91 Å². The maximum absolute atomic E-state index is 11.4. The zero-order valence-electron chi connectivity index (χ0n) is 14.2. The Morgan fingerprint density at radius 1 is 1.04 bits per heavy atom. The van der Waals surface area contributed by atoms with Gasteiger partial charge in [-0.3, -0.25) is 4.79 Å². The van der Waals surface area contributed by atoms with E-state index in [1.54, 1.807) is 0 Å². The Kier molecular flexibility index (Phi) is 4.14. The van der Waals surface area contributed by atoms with E-state index >= 15 is 0 Å². The molecule has 0 aliphatic carbocycles. The lowest BCUT2D eigenvalue weighted by atomic mass is 10.0. The first kappa shape index (κ1) is 16.3. The summed E-state index contributed by atoms with van der Waals surface area (Å²) < 4.78 is 5.42. The molecule has 1 amide bonds. The van der Waals surface area contributed by atoms with E-state index in [2.05, 4.69) is 33.3 Å². The largest absolute Gasteiger partial charge is 0.396 e. The number of nitrogens with zero attached hydrogens (tertiary/aromatic N) is 3. The third kappa shape index (κ3) is 2.93. The molecule has 3 aromatic rings. The van der Waals surface area contributed by atoms with Gasteiger partial charge < -0.3 is 21.1 Å². The highest BCUT2D eigenvalue weighted by molar-refractivity contribution is 6.04. The molecule has 0 bridgehead atoms. The van der Waals surface area contributed by atoms with Crippen molar-refractivity contribution < 1.29 is 9.53 Å². The van der Waals surface area contributed by atoms with E-state index in [1.807, 2.05) is 24.3 Å². The summed E-state index contributed by atoms with van der Waals surface area (Å²) in [7, 11) is 0. The number of hydrogen-bond acceptors (Lipinski definition) is 6. The summed E-state index contributed by atoms with van der Waals surface area (Å²) in [5, 5.41) is 8.63. The maximum atomic E-state index is 11.4. The Bertz CT molecular complexity index is 983. The molecule has 1 aliphatic rings. The van der Waals surface area contributed by atoms with Gasteiger partial charge in [-0.25, -0.2) is 0 Å². The average Bonchev–Trinajstić information content (AvgIpc) is 2.68. The Balaban J connectivity index is 1.73. The second-order valence-corrected chi connectivity index (χ2v) is 6.21. The molecule has 0 unspecified atom stereocenters. The number of benzene rings is 2. The first-order valence-electron chi connectivity index (χ1n) is 8.42. The average molecular weight is 349 g/mol. The van der Waals surface area contributed by atoms with Crippen molar-refractivity contribution in [3.8, 4) is 11.1 Å². The molecule has 1 fully saturated rings. The highest BCUT2D eigenvalue weighted by atomic mass is 16.5. The fourth-order valence-corrected chi connectivity index (χ4v) is 3.19. The van der Waals surface area contributed by atoms with E-state index in [0.717, 1.165) is 37.4 Å². The molecule has 4 N–H and O–H groups in total. The number of morpholine rings is 1. The van der Waals surface area contributed by atoms with Crippen LogP contribution in [0.15, 0.2) is 42.5 Å². The number of nitrogen functional groups attached to an aromatic ring is 1. The van der Waals surface area contributed by atoms with Crippen molar-refractivity contribution in [1.82, 2.24) is 10.2 Å². The predicted octanol–water partition coefficient (Wildman–Crippen LogP) is 1.81. The molecule has 7 heteroatoms. The predicted molar refractivity (Wildman–Crippen MR) is 101 cm³/mol. The van der Waals surface area contributed by atoms with Gasteiger partial charge in [-0.2, -0.15) is 0 Å². The molecule has 0 radical (unpaired) electrons. The van der Waals surface area contributed by atoms with Crippen molar-refractivity contribution in [2.24, 2.45) is 5.73 Å². The lowest BCUT2D eigenvalue weighted by molar-refractivity contribution is 0.0995. The molecule has 132 valence electrons. The molecule has 4 rings (SSSR count). The van der Waals surface area contributed by atoms with Gasteiger partial charge in [0, 0.05) is 24.2 Å². The van der Waals surface area contributed by atoms with Crippen LogP contribution in [-0.2, 0) is 4.74 Å². The van der Waals surface area contributed by atoms with Crippen LogP contribution in [0.1, 0.15) is 10.5 Å². The van der Waals surface area contributed by atoms with Crippen LogP contribution in [-0.4, -0.2) is 42.4 Å². The summed E-state index contributed by atoms with van der Waals surface area (Å²) in [4.78, 5) is 13.7. The van der Waals surface area contributed by atoms with E-state index in [0.29, 0.717) is 10.9 Å². The first-order chi connectivity index (χ1) is 12.6. The molecule has 0 spiro atoms. The fourth-order valence-electron chi connectivity index (χ4n) is 3.19. The molecule has 26 heavy (non-hydrogen) atoms. The Hall–Kier alpha value is -3.19. The van der Waals surface area contributed by atoms with Gasteiger partial charge >= 0.3 is 0 Å². The van der Waals surface area contributed by atoms with Crippen LogP contribution in [0.3, 0.4) is 0 Å². The Labute approximate surface area is 150 Å². The molecule has 2 aromatic carbocycles. The number of fused-ring (bicyclic) bond motifs is 1. The smallest absolute Gasteiger partial charge is 0.271 e. The van der Waals surface area contributed by atoms with Crippen LogP contribution in [0.5, 0.6) is 0 Å². The molecule has 0 atom stereocenters. The highest BCUT2D eigenvalue weighted by Crippen LogP contribution is 2.29. The van der Waals surface area contributed by atoms with E-state index in [4.69, 9.17) is 16.2 Å². The van der Waals surface area contributed by atoms with Gasteiger partial charge in [-0.1, -0.05) is 18.2 Å². The van der Waals surface area contributed by atoms with Crippen molar-refractivity contribution in [3.63, 3.8) is 0 Å². The lowest BCUT2D eigenvalue weighted by Crippen LogP contribution is -2.36. The molecule has 1 aromatic heterocycles. The molecular formula is C19H19N5O2. The second kappa shape index (κ2) is 6.61. The molecule has 0 saturated carbocycles. The number of primary amides is 1. The summed E-state index contributed by atoms with van der Waals surface area (Å²) in [5.74, 6) is -0.681. The van der Waals surface area contributed by atoms with Gasteiger partial charge in [0.2, 0.25) is 0 Å². The van der Waals surface area contributed by atoms with Crippen LogP contribution in [0.2, 0.25) is 0 Å². The molecule has 7 nitrogen and oxygen atoms in total. The van der Waals surface area contributed by atoms with Gasteiger partial charge in [0.1, 0.15) is 0 Å². The summed E-state index contributed by atoms with van der Waals surface area (Å²) in [5.41, 5.74) is 15.4. The normalized spacial score (nSPS) is 14.5. The van der Waals surface area contributed by atoms with E-state index in [1.165, 1.54) is 5.69 Å². The van der Waals surface area contributed by atoms with E-state index in [-0.39, 0.29) is 11.4 Å². The third-order valence-corrected chi connectivity index (χ3v) is 4.59. The maximum Gasteiger partial charge on any atom is 0.271 e. The topological polar surface area (TPSA) is 107 Å². The fraction of sp³-hybridized carbons (Fsp3) is 0.211. The standard InChI is InChI=1S/C19H19N5O2/c20-17-15-5-4-13(11-16(15)22-23-18(17)19(21)25)12-2-1-3-14(10-12)24-6-8-26-9-7-24/h1-5,10-11H,6-9H2,(H2,20,22)(H2,21,25). The second-order valence-electron chi connectivity index (χ2n) is 6.21. The number of hydrogen-bond donors (Lipinski definition) is 2. The number of carbonyl (C=O) groups excluding carboxylic acids is 1. The third-order valence-electron chi connectivity index (χ3n) is 4.59. The van der Waals surface area contributed by atoms with Crippen molar-refractivity contribution in [2.75, 3.05) is 36.9 Å². The number of carbonyl (C=O) groups is 1. The number of nitrogens with two attached hydrogens (primary N) is 2. The van der Waals surface area contributed by atoms with Crippen molar-refractivity contribution in [1.29, 1.82) is 0 Å². The minimum Gasteiger partial charge on any atom is -0.396 e. The Morgan fingerprint density at radius 2 is 1.81 bits per heavy atom. The number of rotatable bonds is 3. The van der Waals surface area contributed by atoms with Crippen molar-refractivity contribution in [3.05, 3.63) is 48.2 Å². The van der Waals surface area contributed by atoms with Crippen LogP contribution >= 0.6 is 0 Å². The zero-order valence-corrected chi connectivity index (χ0v) is 14.2. The number of anilines is 2. The van der Waals surface area contributed by atoms with Crippen molar-refractivity contribution >= 4 is 28.2 Å². The lowest BCUT2D eigenvalue weighted by Gasteiger charge is -2.29. The highest BCUT2D eigenvalue weighted by Gasteiger charge is 2.14. The minimum absolute atomic E-state index is 0.000403. The number of aromatic nitrogens is 2. The monoisotopic (exact) mass is 349 g/mol. The number of amides is 1. The Morgan fingerprint density at radius 3 is 2.58 bits per heavy atom. The van der Waals surface area contributed by atoms with Gasteiger partial charge in [-0.15, -0.1) is 10.2 Å². The van der Waals surface area contributed by atoms with Crippen LogP contribution in [0.25, 0.3) is 22.0 Å². The van der Waals surface area contributed by atoms with E-state index in [9.17, 15) is 4.79 Å². The number of ether oxygens (including phenoxy) is 1. The first-order valence-corrected chi connectivity index (χ1v) is 8.42. The summed E-state index contributed by atoms with van der Waals surface area (Å²) in [6.07, 6.45) is 0. The van der Waals surface area contributed by atoms with Crippen LogP contribution in [0.4, 0.5) is 11.4 Å². The van der Waals surface area contributed by atoms with Crippen LogP contribution in [0, 0.1) is 0 Å². The minimum atomic E-state index is -0.681. The van der Waals surface area contributed by atoms with Gasteiger partial charge in [0.05, 0.1) is 24.4 Å². The SMILES string of the molecule is NC(=O)c1nnc2cc(-c3cccc(N4CCOCC4)c3)ccc2c1N.